The first kappa shape index (κ1) is 23.6. The third kappa shape index (κ3) is 6.02. The Morgan fingerprint density at radius 1 is 1.03 bits per heavy atom. The summed E-state index contributed by atoms with van der Waals surface area (Å²) in [5, 5.41) is 3.17. The summed E-state index contributed by atoms with van der Waals surface area (Å²) < 4.78 is 33.4. The predicted molar refractivity (Wildman–Crippen MR) is 128 cm³/mol. The third-order valence-electron chi connectivity index (χ3n) is 4.49. The molecule has 3 aromatic rings. The third-order valence-corrected chi connectivity index (χ3v) is 6.53. The van der Waals surface area contributed by atoms with Gasteiger partial charge in [0.1, 0.15) is 12.3 Å². The number of aryl methyl sites for hydroxylation is 1. The number of rotatable bonds is 8. The van der Waals surface area contributed by atoms with Crippen molar-refractivity contribution in [1.82, 2.24) is 0 Å². The Labute approximate surface area is 193 Å². The molecule has 0 aliphatic rings. The molecule has 6 nitrogen and oxygen atoms in total. The minimum absolute atomic E-state index is 0.0383. The molecule has 0 saturated carbocycles. The van der Waals surface area contributed by atoms with Crippen molar-refractivity contribution >= 4 is 38.9 Å². The molecule has 3 aromatic carbocycles. The minimum atomic E-state index is -4.00. The maximum atomic E-state index is 13.4. The van der Waals surface area contributed by atoms with Gasteiger partial charge in [-0.2, -0.15) is 0 Å². The zero-order chi connectivity index (χ0) is 23.3. The average molecular weight is 473 g/mol. The van der Waals surface area contributed by atoms with Crippen molar-refractivity contribution in [2.75, 3.05) is 16.2 Å². The fourth-order valence-electron chi connectivity index (χ4n) is 3.05. The number of ether oxygens (including phenoxy) is 1. The maximum absolute atomic E-state index is 13.4. The summed E-state index contributed by atoms with van der Waals surface area (Å²) in [5.74, 6) is 0.214. The second kappa shape index (κ2) is 10.1. The Balaban J connectivity index is 1.85. The van der Waals surface area contributed by atoms with E-state index in [4.69, 9.17) is 16.3 Å². The van der Waals surface area contributed by atoms with Gasteiger partial charge in [0.25, 0.3) is 10.0 Å². The van der Waals surface area contributed by atoms with Crippen molar-refractivity contribution in [3.05, 3.63) is 83.4 Å². The maximum Gasteiger partial charge on any atom is 0.264 e. The summed E-state index contributed by atoms with van der Waals surface area (Å²) in [5.41, 5.74) is 1.81. The van der Waals surface area contributed by atoms with E-state index in [-0.39, 0.29) is 11.0 Å². The molecule has 0 aliphatic heterocycles. The van der Waals surface area contributed by atoms with Crippen molar-refractivity contribution in [2.24, 2.45) is 0 Å². The number of amides is 1. The summed E-state index contributed by atoms with van der Waals surface area (Å²) in [6.45, 7) is 5.32. The summed E-state index contributed by atoms with van der Waals surface area (Å²) in [6.07, 6.45) is 0.0383. The molecule has 1 amide bonds. The molecule has 3 rings (SSSR count). The largest absolute Gasteiger partial charge is 0.491 e. The number of anilines is 2. The number of carbonyl (C=O) groups is 1. The van der Waals surface area contributed by atoms with Gasteiger partial charge in [-0.05, 0) is 87.0 Å². The number of carbonyl (C=O) groups excluding carboxylic acids is 1. The Hall–Kier alpha value is -3.03. The summed E-state index contributed by atoms with van der Waals surface area (Å²) in [7, 11) is -4.00. The number of hydrogen-bond donors (Lipinski definition) is 1. The predicted octanol–water partition coefficient (Wildman–Crippen LogP) is 5.27. The molecule has 0 heterocycles. The lowest BCUT2D eigenvalue weighted by atomic mass is 10.2. The number of hydrogen-bond acceptors (Lipinski definition) is 4. The summed E-state index contributed by atoms with van der Waals surface area (Å²) in [4.78, 5) is 12.9. The lowest BCUT2D eigenvalue weighted by Crippen LogP contribution is -2.38. The van der Waals surface area contributed by atoms with Gasteiger partial charge in [0.2, 0.25) is 5.91 Å². The minimum Gasteiger partial charge on any atom is -0.491 e. The Morgan fingerprint density at radius 2 is 1.69 bits per heavy atom. The van der Waals surface area contributed by atoms with Crippen LogP contribution in [0.5, 0.6) is 5.75 Å². The van der Waals surface area contributed by atoms with Crippen molar-refractivity contribution in [3.8, 4) is 5.75 Å². The first-order chi connectivity index (χ1) is 15.1. The average Bonchev–Trinajstić information content (AvgIpc) is 2.73. The highest BCUT2D eigenvalue weighted by Crippen LogP contribution is 2.26. The van der Waals surface area contributed by atoms with E-state index in [1.54, 1.807) is 42.5 Å². The van der Waals surface area contributed by atoms with Gasteiger partial charge in [0.15, 0.2) is 0 Å². The SMILES string of the molecule is Cc1cccc(N(CC(=O)Nc2ccc(OC(C)C)cc2)S(=O)(=O)c2ccc(Cl)cc2)c1. The van der Waals surface area contributed by atoms with Gasteiger partial charge in [-0.1, -0.05) is 23.7 Å². The molecule has 0 unspecified atom stereocenters. The van der Waals surface area contributed by atoms with Crippen molar-refractivity contribution in [2.45, 2.75) is 31.8 Å². The normalized spacial score (nSPS) is 11.3. The van der Waals surface area contributed by atoms with Crippen LogP contribution >= 0.6 is 11.6 Å². The van der Waals surface area contributed by atoms with Crippen molar-refractivity contribution < 1.29 is 17.9 Å². The molecule has 0 aliphatic carbocycles. The number of nitrogens with one attached hydrogen (secondary N) is 1. The highest BCUT2D eigenvalue weighted by atomic mass is 35.5. The number of sulfonamides is 1. The van der Waals surface area contributed by atoms with Crippen LogP contribution in [0.15, 0.2) is 77.7 Å². The second-order valence-electron chi connectivity index (χ2n) is 7.54. The zero-order valence-corrected chi connectivity index (χ0v) is 19.7. The molecule has 168 valence electrons. The van der Waals surface area contributed by atoms with Crippen LogP contribution < -0.4 is 14.4 Å². The van der Waals surface area contributed by atoms with Gasteiger partial charge in [-0.3, -0.25) is 9.10 Å². The van der Waals surface area contributed by atoms with E-state index in [1.165, 1.54) is 24.3 Å². The first-order valence-corrected chi connectivity index (χ1v) is 11.9. The Morgan fingerprint density at radius 3 is 2.28 bits per heavy atom. The van der Waals surface area contributed by atoms with Crippen LogP contribution in [-0.2, 0) is 14.8 Å². The van der Waals surface area contributed by atoms with Crippen LogP contribution in [0.2, 0.25) is 5.02 Å². The molecule has 0 aromatic heterocycles. The monoisotopic (exact) mass is 472 g/mol. The molecule has 0 saturated heterocycles. The van der Waals surface area contributed by atoms with E-state index in [0.717, 1.165) is 9.87 Å². The summed E-state index contributed by atoms with van der Waals surface area (Å²) >= 11 is 5.91. The molecule has 0 spiro atoms. The van der Waals surface area contributed by atoms with E-state index in [1.807, 2.05) is 26.8 Å². The quantitative estimate of drug-likeness (QED) is 0.484. The van der Waals surface area contributed by atoms with Crippen molar-refractivity contribution in [1.29, 1.82) is 0 Å². The lowest BCUT2D eigenvalue weighted by molar-refractivity contribution is -0.114. The standard InChI is InChI=1S/C24H25ClN2O4S/c1-17(2)31-22-11-9-20(10-12-22)26-24(28)16-27(21-6-4-5-18(3)15-21)32(29,30)23-13-7-19(25)8-14-23/h4-15,17H,16H2,1-3H3,(H,26,28). The second-order valence-corrected chi connectivity index (χ2v) is 9.84. The van der Waals surface area contributed by atoms with E-state index < -0.39 is 22.5 Å². The summed E-state index contributed by atoms with van der Waals surface area (Å²) in [6, 6.07) is 19.8. The van der Waals surface area contributed by atoms with Crippen molar-refractivity contribution in [3.63, 3.8) is 0 Å². The zero-order valence-electron chi connectivity index (χ0n) is 18.1. The van der Waals surface area contributed by atoms with Gasteiger partial charge in [-0.25, -0.2) is 8.42 Å². The van der Waals surface area contributed by atoms with Crippen LogP contribution in [0.1, 0.15) is 19.4 Å². The van der Waals surface area contributed by atoms with Crippen LogP contribution in [-0.4, -0.2) is 27.0 Å². The topological polar surface area (TPSA) is 75.7 Å². The van der Waals surface area contributed by atoms with Gasteiger partial charge in [0, 0.05) is 10.7 Å². The Kier molecular flexibility index (Phi) is 7.43. The number of nitrogens with zero attached hydrogens (tertiary/aromatic N) is 1. The smallest absolute Gasteiger partial charge is 0.264 e. The van der Waals surface area contributed by atoms with E-state index in [0.29, 0.717) is 22.1 Å². The molecule has 1 N–H and O–H groups in total. The molecular weight excluding hydrogens is 448 g/mol. The fourth-order valence-corrected chi connectivity index (χ4v) is 4.59. The number of halogens is 1. The van der Waals surface area contributed by atoms with Gasteiger partial charge >= 0.3 is 0 Å². The Bertz CT molecular complexity index is 1180. The highest BCUT2D eigenvalue weighted by Gasteiger charge is 2.27. The van der Waals surface area contributed by atoms with E-state index >= 15 is 0 Å². The number of benzene rings is 3. The molecule has 32 heavy (non-hydrogen) atoms. The molecule has 0 bridgehead atoms. The lowest BCUT2D eigenvalue weighted by Gasteiger charge is -2.24. The van der Waals surface area contributed by atoms with Crippen LogP contribution in [0.25, 0.3) is 0 Å². The first-order valence-electron chi connectivity index (χ1n) is 10.1. The van der Waals surface area contributed by atoms with Gasteiger partial charge in [-0.15, -0.1) is 0 Å². The van der Waals surface area contributed by atoms with Crippen LogP contribution in [0, 0.1) is 6.92 Å². The van der Waals surface area contributed by atoms with Gasteiger partial charge in [0.05, 0.1) is 16.7 Å². The van der Waals surface area contributed by atoms with Crippen LogP contribution in [0.3, 0.4) is 0 Å². The fraction of sp³-hybridized carbons (Fsp3) is 0.208. The highest BCUT2D eigenvalue weighted by molar-refractivity contribution is 7.92. The molecule has 8 heteroatoms. The molecule has 0 atom stereocenters. The molecular formula is C24H25ClN2O4S. The molecule has 0 fully saturated rings. The van der Waals surface area contributed by atoms with E-state index in [9.17, 15) is 13.2 Å². The van der Waals surface area contributed by atoms with Gasteiger partial charge < -0.3 is 10.1 Å². The van der Waals surface area contributed by atoms with E-state index in [2.05, 4.69) is 5.32 Å². The van der Waals surface area contributed by atoms with Crippen LogP contribution in [0.4, 0.5) is 11.4 Å². The molecule has 0 radical (unpaired) electrons.